The molecule has 0 spiro atoms. The molecule has 0 atom stereocenters. The van der Waals surface area contributed by atoms with Gasteiger partial charge in [-0.15, -0.1) is 0 Å². The molecule has 0 aromatic carbocycles. The molecule has 14 heavy (non-hydrogen) atoms. The molecular weight excluding hydrogens is 243 g/mol. The van der Waals surface area contributed by atoms with Crippen LogP contribution in [0.5, 0.6) is 0 Å². The summed E-state index contributed by atoms with van der Waals surface area (Å²) in [4.78, 5) is 5.00. The second kappa shape index (κ2) is 4.06. The van der Waals surface area contributed by atoms with Gasteiger partial charge >= 0.3 is 27.7 Å². The van der Waals surface area contributed by atoms with Crippen LogP contribution in [-0.4, -0.2) is 18.4 Å². The average Bonchev–Trinajstić information content (AvgIpc) is 1.97. The van der Waals surface area contributed by atoms with Gasteiger partial charge in [0.05, 0.1) is 0 Å². The first-order valence-corrected chi connectivity index (χ1v) is 3.93. The number of hydrogen-bond acceptors (Lipinski definition) is 4. The number of hydrogen-bond donors (Lipinski definition) is 1. The molecule has 5 nitrogen and oxygen atoms in total. The lowest BCUT2D eigenvalue weighted by Crippen LogP contribution is -2.31. The Hall–Kier alpha value is -0.940. The Balaban J connectivity index is 4.51. The highest BCUT2D eigenvalue weighted by atomic mass is 32.2. The molecule has 0 saturated carbocycles. The molecular formula is C3HF5O5S. The Labute approximate surface area is 73.4 Å². The van der Waals surface area contributed by atoms with Crippen LogP contribution in [0.15, 0.2) is 12.1 Å². The molecule has 0 aliphatic rings. The van der Waals surface area contributed by atoms with Gasteiger partial charge in [0.25, 0.3) is 0 Å². The summed E-state index contributed by atoms with van der Waals surface area (Å²) in [5.41, 5.74) is -5.35. The predicted molar refractivity (Wildman–Crippen MR) is 29.0 cm³/mol. The van der Waals surface area contributed by atoms with E-state index in [1.165, 1.54) is 0 Å². The number of alkyl halides is 2. The van der Waals surface area contributed by atoms with E-state index in [-0.39, 0.29) is 0 Å². The highest BCUT2D eigenvalue weighted by Gasteiger charge is 2.49. The molecule has 0 fully saturated rings. The zero-order valence-corrected chi connectivity index (χ0v) is 6.69. The summed E-state index contributed by atoms with van der Waals surface area (Å²) in [5.74, 6) is 0. The highest BCUT2D eigenvalue weighted by Crippen LogP contribution is 2.24. The molecule has 0 aromatic rings. The van der Waals surface area contributed by atoms with Crippen LogP contribution in [0, 0.1) is 0 Å². The van der Waals surface area contributed by atoms with Crippen molar-refractivity contribution >= 4 is 10.1 Å². The Morgan fingerprint density at radius 3 is 1.93 bits per heavy atom. The maximum Gasteiger partial charge on any atom is 0.522 e. The lowest BCUT2D eigenvalue weighted by atomic mass is 11.0. The zero-order chi connectivity index (χ0) is 11.6. The maximum absolute atomic E-state index is 11.9. The van der Waals surface area contributed by atoms with Crippen LogP contribution in [0.4, 0.5) is 22.0 Å². The second-order valence-electron chi connectivity index (χ2n) is 1.64. The Morgan fingerprint density at radius 1 is 1.21 bits per heavy atom. The smallest absolute Gasteiger partial charge is 0.293 e. The summed E-state index contributed by atoms with van der Waals surface area (Å²) in [6.07, 6.45) is -3.14. The molecule has 11 heteroatoms. The van der Waals surface area contributed by atoms with E-state index in [1.54, 1.807) is 0 Å². The normalized spacial score (nSPS) is 12.4. The van der Waals surface area contributed by atoms with Crippen molar-refractivity contribution in [3.8, 4) is 0 Å². The molecule has 0 heterocycles. The van der Waals surface area contributed by atoms with Crippen LogP contribution in [0.2, 0.25) is 0 Å². The lowest BCUT2D eigenvalue weighted by molar-refractivity contribution is -0.395. The fourth-order valence-corrected chi connectivity index (χ4v) is 0.280. The Morgan fingerprint density at radius 2 is 1.64 bits per heavy atom. The summed E-state index contributed by atoms with van der Waals surface area (Å²) in [6.45, 7) is 0. The minimum atomic E-state index is -6.04. The lowest BCUT2D eigenvalue weighted by Gasteiger charge is -2.09. The van der Waals surface area contributed by atoms with Crippen molar-refractivity contribution in [2.75, 3.05) is 0 Å². The van der Waals surface area contributed by atoms with Crippen LogP contribution in [0.1, 0.15) is 0 Å². The zero-order valence-electron chi connectivity index (χ0n) is 5.88. The van der Waals surface area contributed by atoms with Gasteiger partial charge in [0.1, 0.15) is 0 Å². The fraction of sp³-hybridized carbons (Fsp3) is 0.333. The van der Waals surface area contributed by atoms with Crippen LogP contribution in [-0.2, 0) is 19.9 Å². The van der Waals surface area contributed by atoms with Crippen molar-refractivity contribution in [2.24, 2.45) is 0 Å². The number of halogens is 5. The minimum Gasteiger partial charge on any atom is -0.293 e. The molecule has 0 unspecified atom stereocenters. The van der Waals surface area contributed by atoms with Gasteiger partial charge in [0.15, 0.2) is 0 Å². The van der Waals surface area contributed by atoms with Crippen LogP contribution in [0.25, 0.3) is 0 Å². The standard InChI is InChI=1S/C3HF5O5S/c4-1(5)2(6)12-13-3(7,8)14(9,10)11/h(H,9,10,11). The molecule has 0 radical (unpaired) electrons. The van der Waals surface area contributed by atoms with E-state index in [2.05, 4.69) is 9.78 Å². The van der Waals surface area contributed by atoms with Gasteiger partial charge in [-0.2, -0.15) is 30.4 Å². The van der Waals surface area contributed by atoms with Crippen molar-refractivity contribution in [1.82, 2.24) is 0 Å². The monoisotopic (exact) mass is 244 g/mol. The summed E-state index contributed by atoms with van der Waals surface area (Å²) in [7, 11) is -6.04. The van der Waals surface area contributed by atoms with E-state index in [9.17, 15) is 30.4 Å². The largest absolute Gasteiger partial charge is 0.522 e. The number of rotatable bonds is 4. The van der Waals surface area contributed by atoms with E-state index < -0.39 is 27.7 Å². The van der Waals surface area contributed by atoms with Crippen LogP contribution < -0.4 is 0 Å². The van der Waals surface area contributed by atoms with Crippen LogP contribution in [0.3, 0.4) is 0 Å². The molecule has 0 amide bonds. The molecule has 0 aromatic heterocycles. The first-order chi connectivity index (χ1) is 6.08. The van der Waals surface area contributed by atoms with Crippen molar-refractivity contribution in [2.45, 2.75) is 5.44 Å². The summed E-state index contributed by atoms with van der Waals surface area (Å²) in [6, 6.07) is -2.85. The van der Waals surface area contributed by atoms with E-state index >= 15 is 0 Å². The van der Waals surface area contributed by atoms with Crippen molar-refractivity contribution in [3.05, 3.63) is 12.1 Å². The van der Waals surface area contributed by atoms with Gasteiger partial charge in [-0.05, 0) is 0 Å². The van der Waals surface area contributed by atoms with Gasteiger partial charge in [-0.25, -0.2) is 0 Å². The van der Waals surface area contributed by atoms with E-state index in [0.29, 0.717) is 0 Å². The summed E-state index contributed by atoms with van der Waals surface area (Å²) >= 11 is 0. The molecule has 1 N–H and O–H groups in total. The molecule has 0 saturated heterocycles. The van der Waals surface area contributed by atoms with Gasteiger partial charge in [-0.1, -0.05) is 4.89 Å². The fourth-order valence-electron chi connectivity index (χ4n) is 0.160. The van der Waals surface area contributed by atoms with Gasteiger partial charge < -0.3 is 0 Å². The predicted octanol–water partition coefficient (Wildman–Crippen LogP) is 1.41. The van der Waals surface area contributed by atoms with E-state index in [1.807, 2.05) is 0 Å². The topological polar surface area (TPSA) is 72.8 Å². The van der Waals surface area contributed by atoms with E-state index in [4.69, 9.17) is 4.55 Å². The third-order valence-electron chi connectivity index (χ3n) is 0.661. The second-order valence-corrected chi connectivity index (χ2v) is 3.06. The molecule has 0 aliphatic carbocycles. The SMILES string of the molecule is O=S(=O)(O)C(F)(F)OOC(F)=C(F)F. The van der Waals surface area contributed by atoms with Gasteiger partial charge in [-0.3, -0.25) is 9.44 Å². The third-order valence-corrected chi connectivity index (χ3v) is 1.33. The van der Waals surface area contributed by atoms with Crippen LogP contribution >= 0.6 is 0 Å². The average molecular weight is 244 g/mol. The third kappa shape index (κ3) is 3.43. The van der Waals surface area contributed by atoms with Crippen molar-refractivity contribution < 1.29 is 44.7 Å². The summed E-state index contributed by atoms with van der Waals surface area (Å²) in [5, 5.41) is 0. The van der Waals surface area contributed by atoms with Crippen molar-refractivity contribution in [1.29, 1.82) is 0 Å². The quantitative estimate of drug-likeness (QED) is 0.266. The first kappa shape index (κ1) is 13.1. The molecule has 0 aliphatic heterocycles. The van der Waals surface area contributed by atoms with Crippen molar-refractivity contribution in [3.63, 3.8) is 0 Å². The minimum absolute atomic E-state index is 2.43. The van der Waals surface area contributed by atoms with Gasteiger partial charge in [0.2, 0.25) is 0 Å². The highest BCUT2D eigenvalue weighted by molar-refractivity contribution is 7.86. The molecule has 0 rings (SSSR count). The Bertz CT molecular complexity index is 329. The van der Waals surface area contributed by atoms with Gasteiger partial charge in [0, 0.05) is 0 Å². The molecule has 84 valence electrons. The molecule has 0 bridgehead atoms. The Kier molecular flexibility index (Phi) is 3.79. The van der Waals surface area contributed by atoms with E-state index in [0.717, 1.165) is 0 Å². The maximum atomic E-state index is 11.9. The first-order valence-electron chi connectivity index (χ1n) is 2.49. The summed E-state index contributed by atoms with van der Waals surface area (Å²) < 4.78 is 84.9.